The molecule has 1 amide bonds. The number of nitrogens with zero attached hydrogens (tertiary/aromatic N) is 1. The molecule has 1 rings (SSSR count). The summed E-state index contributed by atoms with van der Waals surface area (Å²) in [5.41, 5.74) is 0. The van der Waals surface area contributed by atoms with Crippen molar-refractivity contribution in [2.75, 3.05) is 18.9 Å². The molecule has 0 aromatic rings. The maximum atomic E-state index is 11.1. The standard InChI is InChI=1S/C9H14N2O3S/c1-2-3-4-14-8(13)6-15-9-10-5-7(12)11-9/h2-6H2,1H3,(H,10,11,12). The van der Waals surface area contributed by atoms with Crippen molar-refractivity contribution in [2.24, 2.45) is 4.99 Å². The lowest BCUT2D eigenvalue weighted by Gasteiger charge is -2.03. The van der Waals surface area contributed by atoms with Crippen molar-refractivity contribution in [1.29, 1.82) is 0 Å². The third-order valence-electron chi connectivity index (χ3n) is 1.70. The lowest BCUT2D eigenvalue weighted by Crippen LogP contribution is -2.23. The molecule has 5 nitrogen and oxygen atoms in total. The van der Waals surface area contributed by atoms with E-state index in [1.807, 2.05) is 6.92 Å². The van der Waals surface area contributed by atoms with Crippen LogP contribution in [-0.4, -0.2) is 35.9 Å². The second-order valence-electron chi connectivity index (χ2n) is 3.03. The maximum Gasteiger partial charge on any atom is 0.316 e. The number of nitrogens with one attached hydrogen (secondary N) is 1. The van der Waals surface area contributed by atoms with Gasteiger partial charge in [-0.25, -0.2) is 0 Å². The molecule has 84 valence electrons. The molecule has 0 fully saturated rings. The van der Waals surface area contributed by atoms with Gasteiger partial charge >= 0.3 is 5.97 Å². The van der Waals surface area contributed by atoms with E-state index in [0.717, 1.165) is 12.8 Å². The van der Waals surface area contributed by atoms with Crippen molar-refractivity contribution < 1.29 is 14.3 Å². The first-order valence-electron chi connectivity index (χ1n) is 4.85. The molecule has 1 N–H and O–H groups in total. The van der Waals surface area contributed by atoms with Crippen molar-refractivity contribution in [3.63, 3.8) is 0 Å². The zero-order valence-electron chi connectivity index (χ0n) is 8.62. The number of thioether (sulfide) groups is 1. The highest BCUT2D eigenvalue weighted by atomic mass is 32.2. The van der Waals surface area contributed by atoms with Gasteiger partial charge in [-0.1, -0.05) is 25.1 Å². The molecular weight excluding hydrogens is 216 g/mol. The van der Waals surface area contributed by atoms with Crippen LogP contribution >= 0.6 is 11.8 Å². The Morgan fingerprint density at radius 1 is 1.67 bits per heavy atom. The number of amides is 1. The minimum atomic E-state index is -0.266. The Morgan fingerprint density at radius 2 is 2.47 bits per heavy atom. The molecule has 0 aliphatic carbocycles. The third-order valence-corrected chi connectivity index (χ3v) is 2.58. The van der Waals surface area contributed by atoms with Crippen LogP contribution in [0, 0.1) is 0 Å². The molecule has 15 heavy (non-hydrogen) atoms. The fraction of sp³-hybridized carbons (Fsp3) is 0.667. The third kappa shape index (κ3) is 4.83. The summed E-state index contributed by atoms with van der Waals surface area (Å²) in [6.07, 6.45) is 1.89. The minimum Gasteiger partial charge on any atom is -0.465 e. The van der Waals surface area contributed by atoms with Crippen molar-refractivity contribution in [3.8, 4) is 0 Å². The van der Waals surface area contributed by atoms with Gasteiger partial charge in [0.05, 0.1) is 12.4 Å². The summed E-state index contributed by atoms with van der Waals surface area (Å²) in [6.45, 7) is 2.66. The molecular formula is C9H14N2O3S. The molecule has 0 atom stereocenters. The predicted octanol–water partition coefficient (Wildman–Crippen LogP) is 0.549. The zero-order chi connectivity index (χ0) is 11.1. The fourth-order valence-electron chi connectivity index (χ4n) is 0.923. The smallest absolute Gasteiger partial charge is 0.316 e. The lowest BCUT2D eigenvalue weighted by atomic mass is 10.4. The Bertz CT molecular complexity index is 279. The number of hydrogen-bond acceptors (Lipinski definition) is 5. The molecule has 0 unspecified atom stereocenters. The summed E-state index contributed by atoms with van der Waals surface area (Å²) < 4.78 is 4.94. The SMILES string of the molecule is CCCCOC(=O)CSC1=NCC(=O)N1. The fourth-order valence-corrected chi connectivity index (χ4v) is 1.60. The van der Waals surface area contributed by atoms with Gasteiger partial charge in [0.1, 0.15) is 6.54 Å². The molecule has 1 heterocycles. The number of aliphatic imine (C=N–C) groups is 1. The normalized spacial score (nSPS) is 14.7. The van der Waals surface area contributed by atoms with E-state index in [9.17, 15) is 9.59 Å². The number of carbonyl (C=O) groups is 2. The first-order chi connectivity index (χ1) is 7.22. The van der Waals surface area contributed by atoms with E-state index in [-0.39, 0.29) is 24.2 Å². The summed E-state index contributed by atoms with van der Waals surface area (Å²) >= 11 is 1.20. The van der Waals surface area contributed by atoms with Crippen LogP contribution in [0.3, 0.4) is 0 Å². The highest BCUT2D eigenvalue weighted by Crippen LogP contribution is 2.06. The van der Waals surface area contributed by atoms with Crippen LogP contribution in [0.25, 0.3) is 0 Å². The first kappa shape index (κ1) is 12.0. The topological polar surface area (TPSA) is 67.8 Å². The largest absolute Gasteiger partial charge is 0.465 e. The monoisotopic (exact) mass is 230 g/mol. The molecule has 0 bridgehead atoms. The Hall–Kier alpha value is -1.04. The van der Waals surface area contributed by atoms with E-state index in [4.69, 9.17) is 4.74 Å². The molecule has 0 saturated carbocycles. The molecule has 0 aromatic heterocycles. The van der Waals surface area contributed by atoms with Crippen LogP contribution < -0.4 is 5.32 Å². The Balaban J connectivity index is 2.09. The number of esters is 1. The first-order valence-corrected chi connectivity index (χ1v) is 5.83. The van der Waals surface area contributed by atoms with Gasteiger partial charge < -0.3 is 10.1 Å². The van der Waals surface area contributed by atoms with Crippen LogP contribution in [0.5, 0.6) is 0 Å². The number of hydrogen-bond donors (Lipinski definition) is 1. The second kappa shape index (κ2) is 6.44. The average molecular weight is 230 g/mol. The molecule has 1 aliphatic heterocycles. The van der Waals surface area contributed by atoms with Gasteiger partial charge in [-0.05, 0) is 6.42 Å². The second-order valence-corrected chi connectivity index (χ2v) is 4.00. The molecule has 6 heteroatoms. The van der Waals surface area contributed by atoms with E-state index in [1.54, 1.807) is 0 Å². The van der Waals surface area contributed by atoms with Crippen LogP contribution in [0.4, 0.5) is 0 Å². The molecule has 1 aliphatic rings. The molecule has 0 radical (unpaired) electrons. The van der Waals surface area contributed by atoms with Crippen LogP contribution in [-0.2, 0) is 14.3 Å². The van der Waals surface area contributed by atoms with E-state index in [2.05, 4.69) is 10.3 Å². The van der Waals surface area contributed by atoms with E-state index < -0.39 is 0 Å². The molecule has 0 spiro atoms. The van der Waals surface area contributed by atoms with E-state index in [1.165, 1.54) is 11.8 Å². The van der Waals surface area contributed by atoms with Gasteiger partial charge in [-0.3, -0.25) is 14.6 Å². The van der Waals surface area contributed by atoms with Crippen molar-refractivity contribution in [3.05, 3.63) is 0 Å². The minimum absolute atomic E-state index is 0.128. The van der Waals surface area contributed by atoms with Gasteiger partial charge in [0.25, 0.3) is 0 Å². The average Bonchev–Trinajstić information content (AvgIpc) is 2.62. The van der Waals surface area contributed by atoms with Crippen LogP contribution in [0.2, 0.25) is 0 Å². The Kier molecular flexibility index (Phi) is 5.17. The lowest BCUT2D eigenvalue weighted by molar-refractivity contribution is -0.140. The summed E-state index contributed by atoms with van der Waals surface area (Å²) in [4.78, 5) is 25.8. The van der Waals surface area contributed by atoms with E-state index in [0.29, 0.717) is 11.8 Å². The number of unbranched alkanes of at least 4 members (excludes halogenated alkanes) is 1. The number of ether oxygens (including phenoxy) is 1. The molecule has 0 saturated heterocycles. The van der Waals surface area contributed by atoms with Gasteiger partial charge in [0.2, 0.25) is 5.91 Å². The van der Waals surface area contributed by atoms with Crippen molar-refractivity contribution in [1.82, 2.24) is 5.32 Å². The molecule has 0 aromatic carbocycles. The van der Waals surface area contributed by atoms with Gasteiger partial charge in [0.15, 0.2) is 5.17 Å². The predicted molar refractivity (Wildman–Crippen MR) is 58.8 cm³/mol. The van der Waals surface area contributed by atoms with Crippen LogP contribution in [0.15, 0.2) is 4.99 Å². The van der Waals surface area contributed by atoms with Gasteiger partial charge in [-0.2, -0.15) is 0 Å². The van der Waals surface area contributed by atoms with Gasteiger partial charge in [-0.15, -0.1) is 0 Å². The quantitative estimate of drug-likeness (QED) is 0.553. The Morgan fingerprint density at radius 3 is 3.07 bits per heavy atom. The summed E-state index contributed by atoms with van der Waals surface area (Å²) in [5, 5.41) is 3.05. The van der Waals surface area contributed by atoms with Crippen molar-refractivity contribution >= 4 is 28.8 Å². The Labute approximate surface area is 92.7 Å². The number of amidine groups is 1. The van der Waals surface area contributed by atoms with Crippen LogP contribution in [0.1, 0.15) is 19.8 Å². The summed E-state index contributed by atoms with van der Waals surface area (Å²) in [6, 6.07) is 0. The summed E-state index contributed by atoms with van der Waals surface area (Å²) in [7, 11) is 0. The zero-order valence-corrected chi connectivity index (χ0v) is 9.43. The van der Waals surface area contributed by atoms with Gasteiger partial charge in [0, 0.05) is 0 Å². The number of carbonyl (C=O) groups excluding carboxylic acids is 2. The maximum absolute atomic E-state index is 11.1. The summed E-state index contributed by atoms with van der Waals surface area (Å²) in [5.74, 6) is -0.197. The highest BCUT2D eigenvalue weighted by molar-refractivity contribution is 8.14. The van der Waals surface area contributed by atoms with Crippen molar-refractivity contribution in [2.45, 2.75) is 19.8 Å². The van der Waals surface area contributed by atoms with E-state index >= 15 is 0 Å². The number of rotatable bonds is 5. The highest BCUT2D eigenvalue weighted by Gasteiger charge is 2.15.